The second-order valence-electron chi connectivity index (χ2n) is 13.0. The zero-order valence-corrected chi connectivity index (χ0v) is 31.9. The van der Waals surface area contributed by atoms with Crippen molar-refractivity contribution in [2.45, 2.75) is 42.9 Å². The summed E-state index contributed by atoms with van der Waals surface area (Å²) in [6, 6.07) is 44.0. The molecule has 0 saturated heterocycles. The van der Waals surface area contributed by atoms with Gasteiger partial charge >= 0.3 is 270 Å². The summed E-state index contributed by atoms with van der Waals surface area (Å²) < 4.78 is 0.669. The number of benzene rings is 6. The molecule has 0 N–H and O–H groups in total. The van der Waals surface area contributed by atoms with Crippen LogP contribution >= 0.6 is 0 Å². The molecule has 3 atom stereocenters. The Kier molecular flexibility index (Phi) is 9.67. The van der Waals surface area contributed by atoms with Crippen molar-refractivity contribution in [3.8, 4) is 22.3 Å². The van der Waals surface area contributed by atoms with Crippen LogP contribution in [0.3, 0.4) is 0 Å². The van der Waals surface area contributed by atoms with E-state index in [1.165, 1.54) is 54.9 Å². The quantitative estimate of drug-likeness (QED) is 0.160. The van der Waals surface area contributed by atoms with E-state index in [1.807, 2.05) is 0 Å². The van der Waals surface area contributed by atoms with Gasteiger partial charge in [-0.05, 0) is 0 Å². The predicted molar refractivity (Wildman–Crippen MR) is 189 cm³/mol. The van der Waals surface area contributed by atoms with E-state index in [0.717, 1.165) is 6.42 Å². The van der Waals surface area contributed by atoms with E-state index in [1.54, 1.807) is 22.3 Å². The molecule has 6 aromatic carbocycles. The van der Waals surface area contributed by atoms with Gasteiger partial charge in [0.15, 0.2) is 0 Å². The summed E-state index contributed by atoms with van der Waals surface area (Å²) in [7, 11) is 0. The minimum Gasteiger partial charge on any atom is -1.00 e. The molecule has 6 aromatic rings. The minimum atomic E-state index is -0.643. The monoisotopic (exact) mass is 730 g/mol. The molecular formula is C42H38Cl2SiZr. The van der Waals surface area contributed by atoms with Gasteiger partial charge in [0.2, 0.25) is 0 Å². The number of hydrogen-bond donors (Lipinski definition) is 0. The van der Waals surface area contributed by atoms with Crippen molar-refractivity contribution in [2.75, 3.05) is 0 Å². The molecule has 0 fully saturated rings. The zero-order chi connectivity index (χ0) is 29.9. The largest absolute Gasteiger partial charge is 1.00 e. The summed E-state index contributed by atoms with van der Waals surface area (Å²) in [6.07, 6.45) is 3.75. The van der Waals surface area contributed by atoms with Crippen molar-refractivity contribution in [3.63, 3.8) is 0 Å². The second kappa shape index (κ2) is 13.4. The molecule has 0 aromatic heterocycles. The van der Waals surface area contributed by atoms with Crippen molar-refractivity contribution < 1.29 is 47.2 Å². The molecule has 8 rings (SSSR count). The molecular weight excluding hydrogens is 695 g/mol. The fourth-order valence-corrected chi connectivity index (χ4v) is 17.9. The van der Waals surface area contributed by atoms with Gasteiger partial charge in [0.25, 0.3) is 0 Å². The van der Waals surface area contributed by atoms with Crippen molar-refractivity contribution in [1.29, 1.82) is 0 Å². The van der Waals surface area contributed by atoms with Crippen LogP contribution in [-0.4, -0.2) is 5.92 Å². The Morgan fingerprint density at radius 2 is 1.24 bits per heavy atom. The molecule has 228 valence electrons. The number of fused-ring (bicyclic) bond motifs is 7. The molecule has 2 aliphatic carbocycles. The molecule has 0 nitrogen and oxygen atoms in total. The van der Waals surface area contributed by atoms with E-state index in [9.17, 15) is 0 Å². The summed E-state index contributed by atoms with van der Waals surface area (Å²) in [5, 5.41) is 5.32. The molecule has 0 heterocycles. The van der Waals surface area contributed by atoms with Crippen LogP contribution in [-0.2, 0) is 22.4 Å². The van der Waals surface area contributed by atoms with Gasteiger partial charge in [-0.15, -0.1) is 0 Å². The molecule has 0 aliphatic heterocycles. The maximum absolute atomic E-state index is 2.60. The SMILES string of the molecule is CCC(C)C1=Cc2c(-c3cc4ccccc4c4ccccc34)cccc2C1c1cccc2c1[CH]([Zr+2][SiH](C)C)c1ccccc1-2.[Cl-].[Cl-]. The van der Waals surface area contributed by atoms with E-state index in [4.69, 9.17) is 0 Å². The van der Waals surface area contributed by atoms with Gasteiger partial charge in [-0.2, -0.15) is 0 Å². The van der Waals surface area contributed by atoms with Gasteiger partial charge in [0.1, 0.15) is 0 Å². The van der Waals surface area contributed by atoms with E-state index >= 15 is 0 Å². The Bertz CT molecular complexity index is 2110. The number of allylic oxidation sites excluding steroid dienone is 1. The van der Waals surface area contributed by atoms with Crippen LogP contribution in [0.2, 0.25) is 13.1 Å². The van der Waals surface area contributed by atoms with Crippen molar-refractivity contribution in [3.05, 3.63) is 149 Å². The van der Waals surface area contributed by atoms with E-state index in [-0.39, 0.29) is 24.8 Å². The summed E-state index contributed by atoms with van der Waals surface area (Å²) in [6.45, 7) is 9.98. The van der Waals surface area contributed by atoms with E-state index in [0.29, 0.717) is 15.5 Å². The smallest absolute Gasteiger partial charge is 1.00 e. The standard InChI is InChI=1S/C40H31.C2H7Si.2ClH.Zr/c1-3-25(2)36-24-39-33(37-22-26-12-4-6-14-28(26)30-16-8-9-17-32(30)37)19-11-21-35(39)40(36)34-20-10-18-31-29-15-7-5-13-27(29)23-38(31)34;1-3-2;;;/h4-25,40H,3H2,1-2H3;3H,1-2H3;2*1H;/q;;;;+2/p-2. The van der Waals surface area contributed by atoms with Crippen LogP contribution in [0, 0.1) is 5.92 Å². The fourth-order valence-electron chi connectivity index (χ4n) is 7.99. The number of rotatable bonds is 6. The van der Waals surface area contributed by atoms with E-state index < -0.39 is 28.3 Å². The molecule has 46 heavy (non-hydrogen) atoms. The Hall–Kier alpha value is -2.74. The van der Waals surface area contributed by atoms with Crippen LogP contribution < -0.4 is 24.8 Å². The molecule has 0 amide bonds. The first-order valence-corrected chi connectivity index (χ1v) is 24.8. The third kappa shape index (κ3) is 5.31. The van der Waals surface area contributed by atoms with Crippen LogP contribution in [0.25, 0.3) is 49.9 Å². The molecule has 0 saturated carbocycles. The molecule has 3 unspecified atom stereocenters. The van der Waals surface area contributed by atoms with Gasteiger partial charge in [-0.25, -0.2) is 0 Å². The Labute approximate surface area is 298 Å². The Morgan fingerprint density at radius 3 is 2.00 bits per heavy atom. The molecule has 4 heteroatoms. The van der Waals surface area contributed by atoms with Crippen molar-refractivity contribution in [2.24, 2.45) is 5.92 Å². The molecule has 0 radical (unpaired) electrons. The van der Waals surface area contributed by atoms with Gasteiger partial charge in [0, 0.05) is 0 Å². The van der Waals surface area contributed by atoms with E-state index in [2.05, 4.69) is 148 Å². The first kappa shape index (κ1) is 33.2. The first-order chi connectivity index (χ1) is 21.5. The maximum atomic E-state index is 2.60. The average Bonchev–Trinajstić information content (AvgIpc) is 3.60. The van der Waals surface area contributed by atoms with Gasteiger partial charge in [-0.1, -0.05) is 6.07 Å². The van der Waals surface area contributed by atoms with Gasteiger partial charge < -0.3 is 24.8 Å². The summed E-state index contributed by atoms with van der Waals surface area (Å²) in [5.74, 6) is 0.188. The Balaban J connectivity index is 0.00000186. The average molecular weight is 733 g/mol. The summed E-state index contributed by atoms with van der Waals surface area (Å²) in [4.78, 5) is 0. The second-order valence-corrected chi connectivity index (χ2v) is 28.1. The van der Waals surface area contributed by atoms with Crippen LogP contribution in [0.4, 0.5) is 0 Å². The third-order valence-corrected chi connectivity index (χ3v) is 20.0. The number of halogens is 2. The number of hydrogen-bond acceptors (Lipinski definition) is 0. The third-order valence-electron chi connectivity index (χ3n) is 10.1. The predicted octanol–water partition coefficient (Wildman–Crippen LogP) is 5.38. The topological polar surface area (TPSA) is 0 Å². The molecule has 0 spiro atoms. The van der Waals surface area contributed by atoms with Crippen LogP contribution in [0.5, 0.6) is 0 Å². The van der Waals surface area contributed by atoms with Gasteiger partial charge in [0.05, 0.1) is 0 Å². The normalized spacial score (nSPS) is 16.6. The van der Waals surface area contributed by atoms with Crippen molar-refractivity contribution >= 4 is 33.5 Å². The summed E-state index contributed by atoms with van der Waals surface area (Å²) >= 11 is -0.580. The minimum absolute atomic E-state index is 0. The summed E-state index contributed by atoms with van der Waals surface area (Å²) in [5.41, 5.74) is 15.1. The maximum Gasteiger partial charge on any atom is -1.00 e. The Morgan fingerprint density at radius 1 is 0.630 bits per heavy atom. The van der Waals surface area contributed by atoms with Crippen LogP contribution in [0.1, 0.15) is 57.6 Å². The van der Waals surface area contributed by atoms with Gasteiger partial charge in [-0.3, -0.25) is 0 Å². The molecule has 0 bridgehead atoms. The van der Waals surface area contributed by atoms with Crippen molar-refractivity contribution in [1.82, 2.24) is 0 Å². The molecule has 2 aliphatic rings. The first-order valence-electron chi connectivity index (χ1n) is 16.3. The van der Waals surface area contributed by atoms with Crippen LogP contribution in [0.15, 0.2) is 121 Å². The zero-order valence-electron chi connectivity index (χ0n) is 26.8. The fraction of sp³-hybridized carbons (Fsp3) is 0.190.